The number of ether oxygens (including phenoxy) is 1. The fourth-order valence-electron chi connectivity index (χ4n) is 1.41. The summed E-state index contributed by atoms with van der Waals surface area (Å²) in [6, 6.07) is 4.68. The number of carbonyl (C=O) groups excluding carboxylic acids is 1. The van der Waals surface area contributed by atoms with Gasteiger partial charge in [-0.25, -0.2) is 0 Å². The van der Waals surface area contributed by atoms with Crippen molar-refractivity contribution in [2.24, 2.45) is 0 Å². The van der Waals surface area contributed by atoms with Gasteiger partial charge in [0.05, 0.1) is 19.1 Å². The van der Waals surface area contributed by atoms with Crippen LogP contribution in [0.4, 0.5) is 0 Å². The summed E-state index contributed by atoms with van der Waals surface area (Å²) < 4.78 is 5.07. The van der Waals surface area contributed by atoms with Crippen LogP contribution in [-0.2, 0) is 4.79 Å². The highest BCUT2D eigenvalue weighted by atomic mass is 35.5. The Balaban J connectivity index is 2.86. The molecule has 0 aliphatic rings. The first-order valence-electron chi connectivity index (χ1n) is 5.26. The van der Waals surface area contributed by atoms with E-state index in [1.165, 1.54) is 12.0 Å². The normalized spacial score (nSPS) is 9.94. The van der Waals surface area contributed by atoms with Gasteiger partial charge in [0.2, 0.25) is 0 Å². The molecular weight excluding hydrogens is 258 g/mol. The first kappa shape index (κ1) is 14.3. The topological polar surface area (TPSA) is 66.8 Å². The molecule has 0 unspecified atom stereocenters. The molecule has 0 aliphatic heterocycles. The summed E-state index contributed by atoms with van der Waals surface area (Å²) in [5.74, 6) is -0.878. The number of methoxy groups -OCH3 is 1. The molecule has 6 heteroatoms. The molecule has 0 saturated heterocycles. The van der Waals surface area contributed by atoms with Crippen molar-refractivity contribution in [2.75, 3.05) is 20.7 Å². The molecule has 18 heavy (non-hydrogen) atoms. The molecule has 0 aliphatic carbocycles. The minimum Gasteiger partial charge on any atom is -0.496 e. The Hall–Kier alpha value is -1.75. The van der Waals surface area contributed by atoms with Gasteiger partial charge in [-0.3, -0.25) is 9.59 Å². The third-order valence-electron chi connectivity index (χ3n) is 2.40. The summed E-state index contributed by atoms with van der Waals surface area (Å²) >= 11 is 5.80. The van der Waals surface area contributed by atoms with Crippen LogP contribution in [0.2, 0.25) is 5.02 Å². The zero-order valence-electron chi connectivity index (χ0n) is 10.1. The molecule has 1 amide bonds. The number of amides is 1. The number of nitrogens with zero attached hydrogens (tertiary/aromatic N) is 1. The highest BCUT2D eigenvalue weighted by Gasteiger charge is 2.17. The fourth-order valence-corrected chi connectivity index (χ4v) is 1.57. The van der Waals surface area contributed by atoms with E-state index in [-0.39, 0.29) is 18.9 Å². The van der Waals surface area contributed by atoms with Crippen LogP contribution in [0.3, 0.4) is 0 Å². The van der Waals surface area contributed by atoms with Gasteiger partial charge in [-0.15, -0.1) is 0 Å². The number of hydrogen-bond acceptors (Lipinski definition) is 3. The van der Waals surface area contributed by atoms with Crippen molar-refractivity contribution < 1.29 is 19.4 Å². The van der Waals surface area contributed by atoms with Crippen molar-refractivity contribution in [3.05, 3.63) is 28.8 Å². The Morgan fingerprint density at radius 3 is 2.67 bits per heavy atom. The van der Waals surface area contributed by atoms with Gasteiger partial charge in [0, 0.05) is 18.6 Å². The Morgan fingerprint density at radius 2 is 2.11 bits per heavy atom. The van der Waals surface area contributed by atoms with Crippen LogP contribution in [-0.4, -0.2) is 42.6 Å². The predicted molar refractivity (Wildman–Crippen MR) is 67.2 cm³/mol. The molecule has 0 heterocycles. The third-order valence-corrected chi connectivity index (χ3v) is 2.64. The molecule has 1 N–H and O–H groups in total. The minimum absolute atomic E-state index is 0.0991. The van der Waals surface area contributed by atoms with Crippen molar-refractivity contribution in [1.29, 1.82) is 0 Å². The van der Waals surface area contributed by atoms with Crippen LogP contribution < -0.4 is 4.74 Å². The number of hydrogen-bond donors (Lipinski definition) is 1. The van der Waals surface area contributed by atoms with Gasteiger partial charge in [0.25, 0.3) is 5.91 Å². The Labute approximate surface area is 110 Å². The SMILES string of the molecule is COc1cc(Cl)ccc1C(=O)N(C)CCC(=O)O. The van der Waals surface area contributed by atoms with E-state index in [1.54, 1.807) is 25.2 Å². The maximum Gasteiger partial charge on any atom is 0.305 e. The molecule has 0 bridgehead atoms. The second-order valence-corrected chi connectivity index (χ2v) is 4.15. The molecule has 0 saturated carbocycles. The number of rotatable bonds is 5. The van der Waals surface area contributed by atoms with Gasteiger partial charge < -0.3 is 14.7 Å². The Kier molecular flexibility index (Phi) is 4.97. The maximum atomic E-state index is 12.1. The van der Waals surface area contributed by atoms with E-state index < -0.39 is 5.97 Å². The highest BCUT2D eigenvalue weighted by molar-refractivity contribution is 6.30. The Morgan fingerprint density at radius 1 is 1.44 bits per heavy atom. The standard InChI is InChI=1S/C12H14ClNO4/c1-14(6-5-11(15)16)12(17)9-4-3-8(13)7-10(9)18-2/h3-4,7H,5-6H2,1-2H3,(H,15,16). The largest absolute Gasteiger partial charge is 0.496 e. The van der Waals surface area contributed by atoms with Crippen molar-refractivity contribution in [2.45, 2.75) is 6.42 Å². The predicted octanol–water partition coefficient (Wildman–Crippen LogP) is 1.90. The molecule has 1 aromatic carbocycles. The molecule has 0 aromatic heterocycles. The molecule has 0 atom stereocenters. The first-order valence-corrected chi connectivity index (χ1v) is 5.64. The van der Waals surface area contributed by atoms with Crippen LogP contribution in [0.25, 0.3) is 0 Å². The summed E-state index contributed by atoms with van der Waals surface area (Å²) in [5.41, 5.74) is 0.356. The van der Waals surface area contributed by atoms with E-state index in [0.29, 0.717) is 16.3 Å². The van der Waals surface area contributed by atoms with E-state index >= 15 is 0 Å². The molecule has 0 spiro atoms. The van der Waals surface area contributed by atoms with Crippen molar-refractivity contribution in [3.8, 4) is 5.75 Å². The molecule has 0 fully saturated rings. The van der Waals surface area contributed by atoms with Crippen LogP contribution in [0.15, 0.2) is 18.2 Å². The summed E-state index contributed by atoms with van der Waals surface area (Å²) in [6.45, 7) is 0.139. The van der Waals surface area contributed by atoms with Crippen molar-refractivity contribution in [1.82, 2.24) is 4.90 Å². The number of benzene rings is 1. The van der Waals surface area contributed by atoms with Crippen molar-refractivity contribution >= 4 is 23.5 Å². The lowest BCUT2D eigenvalue weighted by Crippen LogP contribution is -2.29. The lowest BCUT2D eigenvalue weighted by atomic mass is 10.1. The molecular formula is C12H14ClNO4. The molecule has 5 nitrogen and oxygen atoms in total. The maximum absolute atomic E-state index is 12.1. The summed E-state index contributed by atoms with van der Waals surface area (Å²) in [5, 5.41) is 9.04. The number of carboxylic acid groups (broad SMARTS) is 1. The average Bonchev–Trinajstić information content (AvgIpc) is 2.34. The smallest absolute Gasteiger partial charge is 0.305 e. The second kappa shape index (κ2) is 6.26. The molecule has 1 aromatic rings. The van der Waals surface area contributed by atoms with E-state index in [0.717, 1.165) is 0 Å². The molecule has 98 valence electrons. The number of halogens is 1. The zero-order chi connectivity index (χ0) is 13.7. The summed E-state index contributed by atoms with van der Waals surface area (Å²) in [4.78, 5) is 23.8. The Bertz CT molecular complexity index is 461. The van der Waals surface area contributed by atoms with Gasteiger partial charge in [0.15, 0.2) is 0 Å². The zero-order valence-corrected chi connectivity index (χ0v) is 10.9. The van der Waals surface area contributed by atoms with Crippen molar-refractivity contribution in [3.63, 3.8) is 0 Å². The van der Waals surface area contributed by atoms with E-state index in [1.807, 2.05) is 0 Å². The summed E-state index contributed by atoms with van der Waals surface area (Å²) in [7, 11) is 2.99. The minimum atomic E-state index is -0.947. The van der Waals surface area contributed by atoms with Gasteiger partial charge in [0.1, 0.15) is 5.75 Å². The number of carbonyl (C=O) groups is 2. The molecule has 1 rings (SSSR count). The lowest BCUT2D eigenvalue weighted by molar-refractivity contribution is -0.137. The second-order valence-electron chi connectivity index (χ2n) is 3.72. The van der Waals surface area contributed by atoms with Crippen LogP contribution in [0.5, 0.6) is 5.75 Å². The van der Waals surface area contributed by atoms with Gasteiger partial charge in [-0.1, -0.05) is 11.6 Å². The van der Waals surface area contributed by atoms with Gasteiger partial charge in [-0.2, -0.15) is 0 Å². The molecule has 0 radical (unpaired) electrons. The van der Waals surface area contributed by atoms with Gasteiger partial charge in [-0.05, 0) is 18.2 Å². The van der Waals surface area contributed by atoms with E-state index in [4.69, 9.17) is 21.4 Å². The average molecular weight is 272 g/mol. The van der Waals surface area contributed by atoms with E-state index in [9.17, 15) is 9.59 Å². The lowest BCUT2D eigenvalue weighted by Gasteiger charge is -2.17. The fraction of sp³-hybridized carbons (Fsp3) is 0.333. The quantitative estimate of drug-likeness (QED) is 0.888. The summed E-state index contributed by atoms with van der Waals surface area (Å²) in [6.07, 6.45) is -0.0991. The van der Waals surface area contributed by atoms with Crippen LogP contribution in [0, 0.1) is 0 Å². The highest BCUT2D eigenvalue weighted by Crippen LogP contribution is 2.24. The van der Waals surface area contributed by atoms with Crippen LogP contribution in [0.1, 0.15) is 16.8 Å². The first-order chi connectivity index (χ1) is 8.45. The third kappa shape index (κ3) is 3.63. The van der Waals surface area contributed by atoms with Crippen LogP contribution >= 0.6 is 11.6 Å². The monoisotopic (exact) mass is 271 g/mol. The van der Waals surface area contributed by atoms with E-state index in [2.05, 4.69) is 0 Å². The number of carboxylic acids is 1. The van der Waals surface area contributed by atoms with Gasteiger partial charge >= 0.3 is 5.97 Å². The number of aliphatic carboxylic acids is 1.